The highest BCUT2D eigenvalue weighted by Crippen LogP contribution is 2.48. The van der Waals surface area contributed by atoms with Gasteiger partial charge in [0.2, 0.25) is 0 Å². The first-order valence-electron chi connectivity index (χ1n) is 19.8. The number of benzene rings is 8. The number of rotatable bonds is 4. The zero-order valence-electron chi connectivity index (χ0n) is 32.2. The van der Waals surface area contributed by atoms with Gasteiger partial charge in [-0.25, -0.2) is 9.97 Å². The summed E-state index contributed by atoms with van der Waals surface area (Å²) >= 11 is 3.49. The molecule has 0 fully saturated rings. The van der Waals surface area contributed by atoms with Crippen LogP contribution in [-0.2, 0) is 12.8 Å². The van der Waals surface area contributed by atoms with E-state index in [9.17, 15) is 5.26 Å². The lowest BCUT2D eigenvalue weighted by molar-refractivity contribution is 0.474. The number of aromatic nitrogens is 4. The molecule has 0 atom stereocenters. The van der Waals surface area contributed by atoms with Crippen molar-refractivity contribution in [3.8, 4) is 62.7 Å². The van der Waals surface area contributed by atoms with E-state index in [0.29, 0.717) is 5.56 Å². The number of hydrogen-bond acceptors (Lipinski definition) is 5. The zero-order valence-corrected chi connectivity index (χ0v) is 33.8. The molecule has 0 N–H and O–H groups in total. The molecule has 59 heavy (non-hydrogen) atoms. The summed E-state index contributed by atoms with van der Waals surface area (Å²) in [5, 5.41) is 14.0. The normalized spacial score (nSPS) is 12.0. The molecule has 8 heteroatoms. The molecule has 0 aliphatic carbocycles. The van der Waals surface area contributed by atoms with Gasteiger partial charge in [0.25, 0.3) is 0 Å². The van der Waals surface area contributed by atoms with Gasteiger partial charge in [-0.1, -0.05) is 109 Å². The van der Waals surface area contributed by atoms with Crippen molar-refractivity contribution in [1.82, 2.24) is 19.1 Å². The molecule has 2 aliphatic heterocycles. The Balaban J connectivity index is 0.000000174. The molecule has 0 spiro atoms. The third-order valence-electron chi connectivity index (χ3n) is 11.4. The van der Waals surface area contributed by atoms with Crippen molar-refractivity contribution in [2.45, 2.75) is 26.7 Å². The lowest BCUT2D eigenvalue weighted by Crippen LogP contribution is -2.07. The fraction of sp³-hybridized carbons (Fsp3) is 0.0784. The van der Waals surface area contributed by atoms with Gasteiger partial charge in [0.05, 0.1) is 34.0 Å². The quantitative estimate of drug-likeness (QED) is 0.165. The summed E-state index contributed by atoms with van der Waals surface area (Å²) in [6.45, 7) is 4.26. The van der Waals surface area contributed by atoms with Gasteiger partial charge in [0.1, 0.15) is 22.7 Å². The number of aryl methyl sites for hydroxylation is 2. The fourth-order valence-corrected chi connectivity index (χ4v) is 9.18. The summed E-state index contributed by atoms with van der Waals surface area (Å²) in [6.07, 6.45) is 1.73. The van der Waals surface area contributed by atoms with Crippen LogP contribution in [0.3, 0.4) is 0 Å². The van der Waals surface area contributed by atoms with Crippen LogP contribution in [0, 0.1) is 11.3 Å². The Morgan fingerprint density at radius 2 is 1.00 bits per heavy atom. The van der Waals surface area contributed by atoms with E-state index in [-0.39, 0.29) is 0 Å². The van der Waals surface area contributed by atoms with E-state index in [0.717, 1.165) is 96.5 Å². The highest BCUT2D eigenvalue weighted by Gasteiger charge is 2.26. The smallest absolute Gasteiger partial charge is 0.153 e. The lowest BCUT2D eigenvalue weighted by Gasteiger charge is -2.23. The van der Waals surface area contributed by atoms with Gasteiger partial charge in [-0.15, -0.1) is 0 Å². The fourth-order valence-electron chi connectivity index (χ4n) is 8.83. The number of ether oxygens (including phenoxy) is 2. The third-order valence-corrected chi connectivity index (χ3v) is 11.9. The van der Waals surface area contributed by atoms with Gasteiger partial charge in [-0.3, -0.25) is 9.13 Å². The van der Waals surface area contributed by atoms with E-state index in [1.165, 1.54) is 32.7 Å². The topological polar surface area (TPSA) is 77.9 Å². The summed E-state index contributed by atoms with van der Waals surface area (Å²) in [5.74, 6) is 5.49. The Hall–Kier alpha value is -7.21. The Bertz CT molecular complexity index is 3340. The maximum Gasteiger partial charge on any atom is 0.153 e. The summed E-state index contributed by atoms with van der Waals surface area (Å²) in [7, 11) is 0. The van der Waals surface area contributed by atoms with Gasteiger partial charge in [0.15, 0.2) is 23.0 Å². The molecule has 0 radical (unpaired) electrons. The van der Waals surface area contributed by atoms with Crippen LogP contribution in [0.4, 0.5) is 0 Å². The van der Waals surface area contributed by atoms with E-state index in [2.05, 4.69) is 118 Å². The largest absolute Gasteiger partial charge is 0.453 e. The third kappa shape index (κ3) is 5.46. The molecule has 0 amide bonds. The second-order valence-corrected chi connectivity index (χ2v) is 15.6. The van der Waals surface area contributed by atoms with Gasteiger partial charge in [-0.05, 0) is 111 Å². The minimum Gasteiger partial charge on any atom is -0.453 e. The Morgan fingerprint density at radius 1 is 0.525 bits per heavy atom. The molecule has 0 saturated heterocycles. The Morgan fingerprint density at radius 3 is 1.51 bits per heavy atom. The summed E-state index contributed by atoms with van der Waals surface area (Å²) in [6, 6.07) is 52.0. The monoisotopic (exact) mass is 827 g/mol. The molecule has 2 aliphatic rings. The molecule has 0 saturated carbocycles. The van der Waals surface area contributed by atoms with Crippen LogP contribution in [0.15, 0.2) is 150 Å². The zero-order chi connectivity index (χ0) is 39.8. The van der Waals surface area contributed by atoms with Crippen LogP contribution in [0.1, 0.15) is 31.1 Å². The van der Waals surface area contributed by atoms with Gasteiger partial charge in [-0.2, -0.15) is 5.26 Å². The van der Waals surface area contributed by atoms with Gasteiger partial charge >= 0.3 is 0 Å². The molecular formula is C51H34BrN5O2. The summed E-state index contributed by atoms with van der Waals surface area (Å²) in [5.41, 5.74) is 11.3. The van der Waals surface area contributed by atoms with E-state index in [4.69, 9.17) is 19.4 Å². The van der Waals surface area contributed by atoms with E-state index >= 15 is 0 Å². The van der Waals surface area contributed by atoms with E-state index < -0.39 is 0 Å². The number of nitriles is 1. The van der Waals surface area contributed by atoms with Crippen LogP contribution in [0.2, 0.25) is 0 Å². The maximum atomic E-state index is 9.34. The standard InChI is InChI=1S/C36H23N3O.C15H11BrN2O/c1-2-33-38-29-12-7-13-31-36(29)39(33)30-19-18-24(20-32(30)40-31)35-27-10-5-3-8-25(27)34(26-9-4-6-11-28(26)35)23-16-14-22(21-37)15-17-23;1-2-14-17-10-4-3-5-12-15(10)18(14)11-7-6-9(16)8-13(11)19-12/h3-20H,2H2,1H3;3-8H,2H2,1H3. The average molecular weight is 829 g/mol. The minimum absolute atomic E-state index is 0.658. The van der Waals surface area contributed by atoms with Gasteiger partial charge in [0, 0.05) is 17.3 Å². The first-order valence-corrected chi connectivity index (χ1v) is 20.6. The second kappa shape index (κ2) is 13.7. The SMILES string of the molecule is CCc1nc2cccc3c2n1-c1ccc(-c2c4ccccc4c(-c4ccc(C#N)cc4)c4ccccc24)cc1O3.CCc1nc2cccc3c2n1-c1ccc(Br)cc1O3. The predicted molar refractivity (Wildman–Crippen MR) is 239 cm³/mol. The number of para-hydroxylation sites is 2. The van der Waals surface area contributed by atoms with Crippen LogP contribution in [0.5, 0.6) is 23.0 Å². The first-order chi connectivity index (χ1) is 29.0. The molecule has 0 unspecified atom stereocenters. The number of imidazole rings is 2. The number of halogens is 1. The molecule has 8 aromatic carbocycles. The predicted octanol–water partition coefficient (Wildman–Crippen LogP) is 13.7. The van der Waals surface area contributed by atoms with Gasteiger partial charge < -0.3 is 9.47 Å². The van der Waals surface area contributed by atoms with Crippen molar-refractivity contribution < 1.29 is 9.47 Å². The van der Waals surface area contributed by atoms with E-state index in [1.54, 1.807) is 0 Å². The lowest BCUT2D eigenvalue weighted by atomic mass is 9.86. The van der Waals surface area contributed by atoms with Crippen LogP contribution in [-0.4, -0.2) is 19.1 Å². The van der Waals surface area contributed by atoms with Crippen LogP contribution >= 0.6 is 15.9 Å². The van der Waals surface area contributed by atoms with Crippen LogP contribution < -0.4 is 9.47 Å². The van der Waals surface area contributed by atoms with E-state index in [1.807, 2.05) is 72.8 Å². The summed E-state index contributed by atoms with van der Waals surface area (Å²) < 4.78 is 18.0. The average Bonchev–Trinajstić information content (AvgIpc) is 3.86. The molecule has 282 valence electrons. The van der Waals surface area contributed by atoms with Crippen molar-refractivity contribution in [3.63, 3.8) is 0 Å². The van der Waals surface area contributed by atoms with Crippen molar-refractivity contribution in [2.75, 3.05) is 0 Å². The first kappa shape index (κ1) is 35.0. The Labute approximate surface area is 348 Å². The molecule has 10 aromatic rings. The van der Waals surface area contributed by atoms with Crippen molar-refractivity contribution in [3.05, 3.63) is 167 Å². The number of fused-ring (bicyclic) bond motifs is 6. The molecule has 2 aromatic heterocycles. The molecule has 7 nitrogen and oxygen atoms in total. The molecular weight excluding hydrogens is 794 g/mol. The summed E-state index contributed by atoms with van der Waals surface area (Å²) in [4.78, 5) is 9.57. The molecule has 0 bridgehead atoms. The van der Waals surface area contributed by atoms with Crippen molar-refractivity contribution in [2.24, 2.45) is 0 Å². The second-order valence-electron chi connectivity index (χ2n) is 14.7. The maximum absolute atomic E-state index is 9.34. The highest BCUT2D eigenvalue weighted by molar-refractivity contribution is 9.10. The van der Waals surface area contributed by atoms with Crippen LogP contribution in [0.25, 0.3) is 77.2 Å². The molecule has 12 rings (SSSR count). The van der Waals surface area contributed by atoms with Crippen molar-refractivity contribution in [1.29, 1.82) is 5.26 Å². The number of hydrogen-bond donors (Lipinski definition) is 0. The minimum atomic E-state index is 0.658. The molecule has 4 heterocycles. The number of nitrogens with zero attached hydrogens (tertiary/aromatic N) is 5. The Kier molecular flexibility index (Phi) is 8.14. The highest BCUT2D eigenvalue weighted by atomic mass is 79.9. The van der Waals surface area contributed by atoms with Crippen molar-refractivity contribution >= 4 is 59.5 Å².